The van der Waals surface area contributed by atoms with E-state index in [1.165, 1.54) is 17.9 Å². The molecule has 0 saturated carbocycles. The average Bonchev–Trinajstić information content (AvgIpc) is 2.41. The van der Waals surface area contributed by atoms with E-state index >= 15 is 0 Å². The summed E-state index contributed by atoms with van der Waals surface area (Å²) in [7, 11) is 0. The van der Waals surface area contributed by atoms with Gasteiger partial charge in [-0.2, -0.15) is 11.8 Å². The molecular formula is C13H27NO2S. The summed E-state index contributed by atoms with van der Waals surface area (Å²) in [6.45, 7) is 10.6. The lowest BCUT2D eigenvalue weighted by atomic mass is 10.2. The molecule has 0 aromatic rings. The first kappa shape index (κ1) is 15.3. The number of aliphatic hydroxyl groups is 1. The molecule has 17 heavy (non-hydrogen) atoms. The van der Waals surface area contributed by atoms with Gasteiger partial charge in [-0.25, -0.2) is 0 Å². The Bertz CT molecular complexity index is 218. The van der Waals surface area contributed by atoms with Gasteiger partial charge in [0.1, 0.15) is 0 Å². The molecule has 1 saturated heterocycles. The third kappa shape index (κ3) is 6.65. The molecule has 102 valence electrons. The van der Waals surface area contributed by atoms with Crippen LogP contribution in [0.4, 0.5) is 0 Å². The predicted octanol–water partition coefficient (Wildman–Crippen LogP) is 1.99. The van der Waals surface area contributed by atoms with Gasteiger partial charge >= 0.3 is 0 Å². The molecule has 1 rings (SSSR count). The minimum atomic E-state index is -0.375. The number of β-amino-alcohol motifs (C(OH)–C–C–N with tert-alkyl or cyclic N) is 1. The molecule has 3 nitrogen and oxygen atoms in total. The standard InChI is InChI=1S/C13H27NO2S/c1-11-5-7-17-8-6-14(11)9-12(15)10-16-13(2,3)4/h11-12,15H,5-10H2,1-4H3/t11-,12-/m0/s1. The molecule has 1 aliphatic heterocycles. The maximum absolute atomic E-state index is 10.0. The fourth-order valence-electron chi connectivity index (χ4n) is 1.88. The molecule has 0 aromatic carbocycles. The Labute approximate surface area is 110 Å². The summed E-state index contributed by atoms with van der Waals surface area (Å²) in [5, 5.41) is 10.0. The Balaban J connectivity index is 2.30. The van der Waals surface area contributed by atoms with Crippen LogP contribution in [0.15, 0.2) is 0 Å². The summed E-state index contributed by atoms with van der Waals surface area (Å²) in [4.78, 5) is 2.39. The van der Waals surface area contributed by atoms with Crippen LogP contribution in [0.5, 0.6) is 0 Å². The lowest BCUT2D eigenvalue weighted by Gasteiger charge is -2.30. The van der Waals surface area contributed by atoms with Gasteiger partial charge < -0.3 is 9.84 Å². The molecule has 0 bridgehead atoms. The highest BCUT2D eigenvalue weighted by Gasteiger charge is 2.21. The van der Waals surface area contributed by atoms with Crippen molar-refractivity contribution in [3.05, 3.63) is 0 Å². The number of nitrogens with zero attached hydrogens (tertiary/aromatic N) is 1. The average molecular weight is 261 g/mol. The summed E-state index contributed by atoms with van der Waals surface area (Å²) in [6, 6.07) is 0.578. The van der Waals surface area contributed by atoms with Crippen molar-refractivity contribution in [2.75, 3.05) is 31.2 Å². The monoisotopic (exact) mass is 261 g/mol. The van der Waals surface area contributed by atoms with Crippen LogP contribution in [0.25, 0.3) is 0 Å². The molecule has 1 N–H and O–H groups in total. The Hall–Kier alpha value is 0.230. The molecular weight excluding hydrogens is 234 g/mol. The highest BCUT2D eigenvalue weighted by atomic mass is 32.2. The van der Waals surface area contributed by atoms with Crippen molar-refractivity contribution in [3.63, 3.8) is 0 Å². The molecule has 1 heterocycles. The van der Waals surface area contributed by atoms with E-state index in [1.807, 2.05) is 32.5 Å². The van der Waals surface area contributed by atoms with Gasteiger partial charge in [-0.3, -0.25) is 4.90 Å². The maximum atomic E-state index is 10.0. The molecule has 4 heteroatoms. The number of aliphatic hydroxyl groups excluding tert-OH is 1. The number of hydrogen-bond donors (Lipinski definition) is 1. The number of rotatable bonds is 4. The SMILES string of the molecule is C[C@H]1CCSCCN1C[C@H](O)COC(C)(C)C. The smallest absolute Gasteiger partial charge is 0.0900 e. The van der Waals surface area contributed by atoms with Crippen LogP contribution < -0.4 is 0 Å². The van der Waals surface area contributed by atoms with E-state index in [9.17, 15) is 5.11 Å². The molecule has 1 fully saturated rings. The van der Waals surface area contributed by atoms with Crippen molar-refractivity contribution in [1.29, 1.82) is 0 Å². The zero-order chi connectivity index (χ0) is 12.9. The molecule has 2 atom stereocenters. The molecule has 0 unspecified atom stereocenters. The lowest BCUT2D eigenvalue weighted by Crippen LogP contribution is -2.42. The van der Waals surface area contributed by atoms with Gasteiger partial charge in [0, 0.05) is 24.9 Å². The van der Waals surface area contributed by atoms with Gasteiger partial charge in [-0.15, -0.1) is 0 Å². The maximum Gasteiger partial charge on any atom is 0.0900 e. The van der Waals surface area contributed by atoms with E-state index in [2.05, 4.69) is 11.8 Å². The second kappa shape index (κ2) is 6.98. The highest BCUT2D eigenvalue weighted by Crippen LogP contribution is 2.16. The zero-order valence-electron chi connectivity index (χ0n) is 11.6. The van der Waals surface area contributed by atoms with Gasteiger partial charge in [0.05, 0.1) is 18.3 Å². The minimum absolute atomic E-state index is 0.165. The molecule has 0 amide bonds. The van der Waals surface area contributed by atoms with E-state index in [-0.39, 0.29) is 11.7 Å². The number of thioether (sulfide) groups is 1. The molecule has 0 aliphatic carbocycles. The van der Waals surface area contributed by atoms with E-state index in [4.69, 9.17) is 4.74 Å². The quantitative estimate of drug-likeness (QED) is 0.839. The van der Waals surface area contributed by atoms with Gasteiger partial charge in [0.15, 0.2) is 0 Å². The molecule has 1 aliphatic rings. The number of hydrogen-bond acceptors (Lipinski definition) is 4. The van der Waals surface area contributed by atoms with Crippen LogP contribution in [0, 0.1) is 0 Å². The summed E-state index contributed by atoms with van der Waals surface area (Å²) < 4.78 is 5.62. The van der Waals surface area contributed by atoms with Crippen molar-refractivity contribution in [1.82, 2.24) is 4.90 Å². The zero-order valence-corrected chi connectivity index (χ0v) is 12.4. The van der Waals surface area contributed by atoms with Crippen LogP contribution in [0.2, 0.25) is 0 Å². The van der Waals surface area contributed by atoms with Gasteiger partial charge in [-0.1, -0.05) is 0 Å². The van der Waals surface area contributed by atoms with Crippen molar-refractivity contribution >= 4 is 11.8 Å². The van der Waals surface area contributed by atoms with E-state index in [0.29, 0.717) is 12.6 Å². The van der Waals surface area contributed by atoms with Gasteiger partial charge in [0.25, 0.3) is 0 Å². The molecule has 0 radical (unpaired) electrons. The summed E-state index contributed by atoms with van der Waals surface area (Å²) in [5.74, 6) is 2.42. The summed E-state index contributed by atoms with van der Waals surface area (Å²) >= 11 is 2.01. The first-order chi connectivity index (χ1) is 7.88. The predicted molar refractivity (Wildman–Crippen MR) is 74.7 cm³/mol. The lowest BCUT2D eigenvalue weighted by molar-refractivity contribution is -0.0579. The van der Waals surface area contributed by atoms with Crippen LogP contribution in [0.3, 0.4) is 0 Å². The van der Waals surface area contributed by atoms with Crippen LogP contribution in [-0.2, 0) is 4.74 Å². The van der Waals surface area contributed by atoms with Crippen molar-refractivity contribution in [2.24, 2.45) is 0 Å². The Morgan fingerprint density at radius 2 is 2.12 bits per heavy atom. The van der Waals surface area contributed by atoms with Gasteiger partial charge in [-0.05, 0) is 39.9 Å². The Morgan fingerprint density at radius 1 is 1.41 bits per heavy atom. The van der Waals surface area contributed by atoms with E-state index < -0.39 is 0 Å². The van der Waals surface area contributed by atoms with Crippen molar-refractivity contribution in [2.45, 2.75) is 51.9 Å². The van der Waals surface area contributed by atoms with Crippen LogP contribution >= 0.6 is 11.8 Å². The second-order valence-corrected chi connectivity index (χ2v) is 7.05. The van der Waals surface area contributed by atoms with Crippen LogP contribution in [0.1, 0.15) is 34.1 Å². The summed E-state index contributed by atoms with van der Waals surface area (Å²) in [6.07, 6.45) is 0.845. The first-order valence-corrected chi connectivity index (χ1v) is 7.68. The Kier molecular flexibility index (Phi) is 6.27. The van der Waals surface area contributed by atoms with Gasteiger partial charge in [0.2, 0.25) is 0 Å². The third-order valence-electron chi connectivity index (χ3n) is 2.98. The van der Waals surface area contributed by atoms with Crippen molar-refractivity contribution in [3.8, 4) is 0 Å². The summed E-state index contributed by atoms with van der Waals surface area (Å²) in [5.41, 5.74) is -0.165. The fourth-order valence-corrected chi connectivity index (χ4v) is 2.96. The van der Waals surface area contributed by atoms with Crippen molar-refractivity contribution < 1.29 is 9.84 Å². The fraction of sp³-hybridized carbons (Fsp3) is 1.00. The molecule has 0 spiro atoms. The second-order valence-electron chi connectivity index (χ2n) is 5.82. The topological polar surface area (TPSA) is 32.7 Å². The largest absolute Gasteiger partial charge is 0.389 e. The Morgan fingerprint density at radius 3 is 2.76 bits per heavy atom. The van der Waals surface area contributed by atoms with E-state index in [1.54, 1.807) is 0 Å². The first-order valence-electron chi connectivity index (χ1n) is 6.52. The van der Waals surface area contributed by atoms with E-state index in [0.717, 1.165) is 13.1 Å². The number of ether oxygens (including phenoxy) is 1. The normalized spacial score (nSPS) is 25.6. The highest BCUT2D eigenvalue weighted by molar-refractivity contribution is 7.99. The third-order valence-corrected chi connectivity index (χ3v) is 3.98. The minimum Gasteiger partial charge on any atom is -0.389 e. The van der Waals surface area contributed by atoms with Crippen LogP contribution in [-0.4, -0.2) is 59.0 Å². The molecule has 0 aromatic heterocycles.